The predicted octanol–water partition coefficient (Wildman–Crippen LogP) is 1.56. The standard InChI is InChI=1S/C5H9O2P/c1-5-2-3-8(6,7)4-5/h4H,2-3H2,1H3,(H,6,7). The van der Waals surface area contributed by atoms with E-state index in [1.165, 1.54) is 5.82 Å². The zero-order valence-electron chi connectivity index (χ0n) is 4.79. The third-order valence-electron chi connectivity index (χ3n) is 1.25. The quantitative estimate of drug-likeness (QED) is 0.508. The summed E-state index contributed by atoms with van der Waals surface area (Å²) in [5.41, 5.74) is 1.05. The molecular weight excluding hydrogens is 123 g/mol. The van der Waals surface area contributed by atoms with Crippen molar-refractivity contribution >= 4 is 7.37 Å². The summed E-state index contributed by atoms with van der Waals surface area (Å²) in [5, 5.41) is 0. The van der Waals surface area contributed by atoms with E-state index in [9.17, 15) is 4.57 Å². The first-order valence-electron chi connectivity index (χ1n) is 2.60. The summed E-state index contributed by atoms with van der Waals surface area (Å²) in [6, 6.07) is 0. The zero-order valence-corrected chi connectivity index (χ0v) is 5.69. The van der Waals surface area contributed by atoms with Crippen LogP contribution < -0.4 is 0 Å². The average Bonchev–Trinajstić information content (AvgIpc) is 1.82. The third-order valence-corrected chi connectivity index (χ3v) is 2.96. The van der Waals surface area contributed by atoms with Crippen LogP contribution in [0.4, 0.5) is 0 Å². The Balaban J connectivity index is 2.82. The van der Waals surface area contributed by atoms with Gasteiger partial charge in [-0.3, -0.25) is 4.57 Å². The molecule has 1 rings (SSSR count). The van der Waals surface area contributed by atoms with E-state index < -0.39 is 7.37 Å². The van der Waals surface area contributed by atoms with Gasteiger partial charge in [0.2, 0.25) is 7.37 Å². The fourth-order valence-corrected chi connectivity index (χ4v) is 2.43. The SMILES string of the molecule is CC1=CP(=O)(O)CC1. The highest BCUT2D eigenvalue weighted by molar-refractivity contribution is 7.61. The summed E-state index contributed by atoms with van der Waals surface area (Å²) in [4.78, 5) is 8.84. The molecule has 0 saturated heterocycles. The van der Waals surface area contributed by atoms with E-state index in [2.05, 4.69) is 0 Å². The van der Waals surface area contributed by atoms with E-state index in [-0.39, 0.29) is 0 Å². The maximum absolute atomic E-state index is 10.7. The molecule has 0 aromatic carbocycles. The smallest absolute Gasteiger partial charge is 0.222 e. The average molecular weight is 132 g/mol. The van der Waals surface area contributed by atoms with Gasteiger partial charge in [-0.05, 0) is 19.2 Å². The van der Waals surface area contributed by atoms with Crippen LogP contribution in [0.1, 0.15) is 13.3 Å². The Kier molecular flexibility index (Phi) is 1.30. The molecule has 1 aliphatic rings. The Morgan fingerprint density at radius 2 is 2.50 bits per heavy atom. The van der Waals surface area contributed by atoms with E-state index in [1.54, 1.807) is 0 Å². The molecule has 3 heteroatoms. The molecule has 0 radical (unpaired) electrons. The maximum atomic E-state index is 10.7. The van der Waals surface area contributed by atoms with E-state index in [1.807, 2.05) is 6.92 Å². The van der Waals surface area contributed by atoms with Crippen molar-refractivity contribution in [1.82, 2.24) is 0 Å². The lowest BCUT2D eigenvalue weighted by Gasteiger charge is -1.93. The van der Waals surface area contributed by atoms with Crippen LogP contribution in [0.15, 0.2) is 11.4 Å². The third kappa shape index (κ3) is 1.21. The summed E-state index contributed by atoms with van der Waals surface area (Å²) in [6.45, 7) is 1.88. The molecule has 8 heavy (non-hydrogen) atoms. The molecule has 0 bridgehead atoms. The minimum Gasteiger partial charge on any atom is -0.341 e. The van der Waals surface area contributed by atoms with Gasteiger partial charge in [0.05, 0.1) is 0 Å². The molecule has 2 nitrogen and oxygen atoms in total. The summed E-state index contributed by atoms with van der Waals surface area (Å²) in [7, 11) is -2.76. The lowest BCUT2D eigenvalue weighted by Crippen LogP contribution is -1.74. The van der Waals surface area contributed by atoms with E-state index >= 15 is 0 Å². The van der Waals surface area contributed by atoms with Gasteiger partial charge in [-0.1, -0.05) is 5.57 Å². The summed E-state index contributed by atoms with van der Waals surface area (Å²) in [6.07, 6.45) is 1.26. The fraction of sp³-hybridized carbons (Fsp3) is 0.600. The molecule has 0 aromatic rings. The van der Waals surface area contributed by atoms with Crippen LogP contribution in [0.25, 0.3) is 0 Å². The van der Waals surface area contributed by atoms with Gasteiger partial charge in [0.15, 0.2) is 0 Å². The molecule has 46 valence electrons. The minimum absolute atomic E-state index is 0.457. The van der Waals surface area contributed by atoms with Gasteiger partial charge in [0.25, 0.3) is 0 Å². The highest BCUT2D eigenvalue weighted by Crippen LogP contribution is 2.49. The van der Waals surface area contributed by atoms with Gasteiger partial charge in [-0.25, -0.2) is 0 Å². The largest absolute Gasteiger partial charge is 0.341 e. The van der Waals surface area contributed by atoms with Crippen LogP contribution >= 0.6 is 7.37 Å². The van der Waals surface area contributed by atoms with Crippen LogP contribution in [-0.4, -0.2) is 11.1 Å². The van der Waals surface area contributed by atoms with Crippen molar-refractivity contribution in [2.24, 2.45) is 0 Å². The van der Waals surface area contributed by atoms with Gasteiger partial charge in [-0.2, -0.15) is 0 Å². The predicted molar refractivity (Wildman–Crippen MR) is 33.1 cm³/mol. The second kappa shape index (κ2) is 1.71. The monoisotopic (exact) mass is 132 g/mol. The Labute approximate surface area is 48.7 Å². The molecule has 0 amide bonds. The van der Waals surface area contributed by atoms with Crippen LogP contribution in [0.3, 0.4) is 0 Å². The minimum atomic E-state index is -2.76. The van der Waals surface area contributed by atoms with Crippen LogP contribution in [0, 0.1) is 0 Å². The van der Waals surface area contributed by atoms with Gasteiger partial charge < -0.3 is 4.89 Å². The topological polar surface area (TPSA) is 37.3 Å². The molecular formula is C5H9O2P. The second-order valence-electron chi connectivity index (χ2n) is 2.20. The van der Waals surface area contributed by atoms with Crippen LogP contribution in [0.2, 0.25) is 0 Å². The maximum Gasteiger partial charge on any atom is 0.222 e. The highest BCUT2D eigenvalue weighted by atomic mass is 31.2. The lowest BCUT2D eigenvalue weighted by molar-refractivity contribution is 0.491. The van der Waals surface area contributed by atoms with Crippen molar-refractivity contribution in [2.75, 3.05) is 6.16 Å². The molecule has 1 unspecified atom stereocenters. The van der Waals surface area contributed by atoms with Crippen LogP contribution in [-0.2, 0) is 4.57 Å². The van der Waals surface area contributed by atoms with Gasteiger partial charge in [0.1, 0.15) is 0 Å². The molecule has 1 heterocycles. The van der Waals surface area contributed by atoms with Crippen LogP contribution in [0.5, 0.6) is 0 Å². The van der Waals surface area contributed by atoms with Crippen molar-refractivity contribution in [2.45, 2.75) is 13.3 Å². The molecule has 0 spiro atoms. The van der Waals surface area contributed by atoms with Crippen molar-refractivity contribution < 1.29 is 9.46 Å². The van der Waals surface area contributed by atoms with E-state index in [0.29, 0.717) is 6.16 Å². The second-order valence-corrected chi connectivity index (χ2v) is 4.42. The molecule has 0 aromatic heterocycles. The molecule has 1 N–H and O–H groups in total. The first-order chi connectivity index (χ1) is 3.60. The number of allylic oxidation sites excluding steroid dienone is 1. The summed E-state index contributed by atoms with van der Waals surface area (Å²) < 4.78 is 10.7. The molecule has 0 aliphatic carbocycles. The van der Waals surface area contributed by atoms with Crippen molar-refractivity contribution in [3.63, 3.8) is 0 Å². The Morgan fingerprint density at radius 1 is 1.88 bits per heavy atom. The molecule has 0 saturated carbocycles. The lowest BCUT2D eigenvalue weighted by atomic mass is 10.3. The zero-order chi connectivity index (χ0) is 6.20. The van der Waals surface area contributed by atoms with Gasteiger partial charge >= 0.3 is 0 Å². The fourth-order valence-electron chi connectivity index (χ4n) is 0.810. The first kappa shape index (κ1) is 6.06. The normalized spacial score (nSPS) is 37.5. The Hall–Kier alpha value is -0.0700. The summed E-state index contributed by atoms with van der Waals surface area (Å²) in [5.74, 6) is 1.49. The molecule has 1 atom stereocenters. The number of rotatable bonds is 0. The van der Waals surface area contributed by atoms with Crippen molar-refractivity contribution in [1.29, 1.82) is 0 Å². The van der Waals surface area contributed by atoms with E-state index in [0.717, 1.165) is 12.0 Å². The van der Waals surface area contributed by atoms with Crippen molar-refractivity contribution in [3.05, 3.63) is 11.4 Å². The van der Waals surface area contributed by atoms with E-state index in [4.69, 9.17) is 4.89 Å². The Morgan fingerprint density at radius 3 is 2.62 bits per heavy atom. The Bertz CT molecular complexity index is 171. The number of hydrogen-bond acceptors (Lipinski definition) is 1. The first-order valence-corrected chi connectivity index (χ1v) is 4.51. The summed E-state index contributed by atoms with van der Waals surface area (Å²) >= 11 is 0. The van der Waals surface area contributed by atoms with Gasteiger partial charge in [-0.15, -0.1) is 0 Å². The molecule has 0 fully saturated rings. The highest BCUT2D eigenvalue weighted by Gasteiger charge is 2.20. The van der Waals surface area contributed by atoms with Crippen molar-refractivity contribution in [3.8, 4) is 0 Å². The molecule has 1 aliphatic heterocycles. The number of hydrogen-bond donors (Lipinski definition) is 1. The van der Waals surface area contributed by atoms with Gasteiger partial charge in [0, 0.05) is 6.16 Å².